The first-order chi connectivity index (χ1) is 6.49. The number of aryl methyl sites for hydroxylation is 1. The van der Waals surface area contributed by atoms with Crippen LogP contribution in [0, 0.1) is 27.7 Å². The van der Waals surface area contributed by atoms with Crippen molar-refractivity contribution in [1.82, 2.24) is 0 Å². The van der Waals surface area contributed by atoms with Crippen LogP contribution in [-0.4, -0.2) is 5.78 Å². The molecule has 0 aliphatic rings. The molecule has 0 saturated carbocycles. The molecule has 0 amide bonds. The smallest absolute Gasteiger partial charge is 0.162 e. The van der Waals surface area contributed by atoms with Gasteiger partial charge in [0.25, 0.3) is 0 Å². The van der Waals surface area contributed by atoms with Gasteiger partial charge in [0, 0.05) is 12.0 Å². The first-order valence-electron chi connectivity index (χ1n) is 5.09. The van der Waals surface area contributed by atoms with Crippen molar-refractivity contribution in [3.63, 3.8) is 0 Å². The van der Waals surface area contributed by atoms with Gasteiger partial charge >= 0.3 is 0 Å². The summed E-state index contributed by atoms with van der Waals surface area (Å²) in [4.78, 5) is 11.7. The molecule has 0 aliphatic carbocycles. The number of hydrogen-bond acceptors (Lipinski definition) is 1. The number of rotatable bonds is 2. The van der Waals surface area contributed by atoms with Crippen LogP contribution in [0.15, 0.2) is 6.07 Å². The van der Waals surface area contributed by atoms with Gasteiger partial charge in [-0.1, -0.05) is 6.92 Å². The van der Waals surface area contributed by atoms with Gasteiger partial charge in [0.05, 0.1) is 0 Å². The lowest BCUT2D eigenvalue weighted by atomic mass is 9.92. The minimum atomic E-state index is 0.244. The number of carbonyl (C=O) groups is 1. The lowest BCUT2D eigenvalue weighted by molar-refractivity contribution is 0.0987. The van der Waals surface area contributed by atoms with E-state index in [2.05, 4.69) is 20.8 Å². The summed E-state index contributed by atoms with van der Waals surface area (Å²) in [7, 11) is 0. The molecule has 0 atom stereocenters. The number of benzene rings is 1. The zero-order valence-corrected chi connectivity index (χ0v) is 9.69. The predicted octanol–water partition coefficient (Wildman–Crippen LogP) is 3.51. The van der Waals surface area contributed by atoms with Crippen LogP contribution in [0.25, 0.3) is 0 Å². The van der Waals surface area contributed by atoms with Crippen molar-refractivity contribution < 1.29 is 4.79 Å². The van der Waals surface area contributed by atoms with Crippen molar-refractivity contribution >= 4 is 5.78 Å². The van der Waals surface area contributed by atoms with Crippen molar-refractivity contribution in [3.05, 3.63) is 33.9 Å². The quantitative estimate of drug-likeness (QED) is 0.652. The Balaban J connectivity index is 3.40. The number of Topliss-reactive ketones (excluding diaryl/α,β-unsaturated/α-hetero) is 1. The maximum atomic E-state index is 11.7. The maximum Gasteiger partial charge on any atom is 0.162 e. The Kier molecular flexibility index (Phi) is 3.10. The molecule has 1 nitrogen and oxygen atoms in total. The highest BCUT2D eigenvalue weighted by Gasteiger charge is 2.11. The predicted molar refractivity (Wildman–Crippen MR) is 60.0 cm³/mol. The van der Waals surface area contributed by atoms with Crippen LogP contribution in [0.5, 0.6) is 0 Å². The highest BCUT2D eigenvalue weighted by atomic mass is 16.1. The summed E-state index contributed by atoms with van der Waals surface area (Å²) in [6.07, 6.45) is 0.586. The van der Waals surface area contributed by atoms with Gasteiger partial charge in [0.1, 0.15) is 0 Å². The summed E-state index contributed by atoms with van der Waals surface area (Å²) in [6, 6.07) is 2.02. The average molecular weight is 190 g/mol. The van der Waals surface area contributed by atoms with Crippen LogP contribution in [0.4, 0.5) is 0 Å². The van der Waals surface area contributed by atoms with Crippen LogP contribution < -0.4 is 0 Å². The second kappa shape index (κ2) is 3.95. The van der Waals surface area contributed by atoms with E-state index in [0.717, 1.165) is 11.1 Å². The van der Waals surface area contributed by atoms with E-state index in [-0.39, 0.29) is 5.78 Å². The van der Waals surface area contributed by atoms with Crippen molar-refractivity contribution in [1.29, 1.82) is 0 Å². The van der Waals surface area contributed by atoms with E-state index in [0.29, 0.717) is 6.42 Å². The van der Waals surface area contributed by atoms with Crippen molar-refractivity contribution in [2.24, 2.45) is 0 Å². The Labute approximate surface area is 86.1 Å². The molecule has 1 aromatic rings. The summed E-state index contributed by atoms with van der Waals surface area (Å²) in [5.74, 6) is 0.244. The SMILES string of the molecule is CCC(=O)c1cc(C)c(C)c(C)c1C. The van der Waals surface area contributed by atoms with Crippen molar-refractivity contribution in [3.8, 4) is 0 Å². The monoisotopic (exact) mass is 190 g/mol. The molecular weight excluding hydrogens is 172 g/mol. The molecule has 0 aliphatic heterocycles. The van der Waals surface area contributed by atoms with E-state index in [1.54, 1.807) is 0 Å². The van der Waals surface area contributed by atoms with E-state index in [1.165, 1.54) is 16.7 Å². The largest absolute Gasteiger partial charge is 0.294 e. The van der Waals surface area contributed by atoms with Crippen molar-refractivity contribution in [2.75, 3.05) is 0 Å². The number of hydrogen-bond donors (Lipinski definition) is 0. The van der Waals surface area contributed by atoms with Crippen molar-refractivity contribution in [2.45, 2.75) is 41.0 Å². The fourth-order valence-corrected chi connectivity index (χ4v) is 1.69. The molecule has 0 radical (unpaired) electrons. The van der Waals surface area contributed by atoms with Gasteiger partial charge < -0.3 is 0 Å². The van der Waals surface area contributed by atoms with Crippen LogP contribution in [0.1, 0.15) is 46.0 Å². The van der Waals surface area contributed by atoms with Gasteiger partial charge in [-0.05, 0) is 56.0 Å². The Bertz CT molecular complexity index is 375. The Morgan fingerprint density at radius 3 is 2.14 bits per heavy atom. The van der Waals surface area contributed by atoms with Crippen LogP contribution >= 0.6 is 0 Å². The van der Waals surface area contributed by atoms with E-state index in [9.17, 15) is 4.79 Å². The normalized spacial score (nSPS) is 10.4. The highest BCUT2D eigenvalue weighted by Crippen LogP contribution is 2.22. The zero-order valence-electron chi connectivity index (χ0n) is 9.69. The maximum absolute atomic E-state index is 11.7. The molecule has 0 fully saturated rings. The molecule has 1 heteroatoms. The number of ketones is 1. The molecular formula is C13H18O. The standard InChI is InChI=1S/C13H18O/c1-6-13(14)12-7-8(2)9(3)10(4)11(12)5/h7H,6H2,1-5H3. The van der Waals surface area contributed by atoms with Gasteiger partial charge in [0.15, 0.2) is 5.78 Å². The van der Waals surface area contributed by atoms with Crippen LogP contribution in [0.3, 0.4) is 0 Å². The second-order valence-electron chi connectivity index (χ2n) is 3.89. The van der Waals surface area contributed by atoms with Gasteiger partial charge in [-0.25, -0.2) is 0 Å². The zero-order chi connectivity index (χ0) is 10.9. The second-order valence-corrected chi connectivity index (χ2v) is 3.89. The molecule has 76 valence electrons. The third-order valence-electron chi connectivity index (χ3n) is 3.10. The minimum Gasteiger partial charge on any atom is -0.294 e. The Morgan fingerprint density at radius 1 is 1.07 bits per heavy atom. The van der Waals surface area contributed by atoms with Gasteiger partial charge in [-0.3, -0.25) is 4.79 Å². The van der Waals surface area contributed by atoms with Gasteiger partial charge in [0.2, 0.25) is 0 Å². The van der Waals surface area contributed by atoms with Gasteiger partial charge in [-0.15, -0.1) is 0 Å². The van der Waals surface area contributed by atoms with E-state index in [4.69, 9.17) is 0 Å². The molecule has 0 heterocycles. The van der Waals surface area contributed by atoms with E-state index < -0.39 is 0 Å². The number of carbonyl (C=O) groups excluding carboxylic acids is 1. The highest BCUT2D eigenvalue weighted by molar-refractivity contribution is 5.97. The Morgan fingerprint density at radius 2 is 1.64 bits per heavy atom. The summed E-state index contributed by atoms with van der Waals surface area (Å²) in [6.45, 7) is 10.2. The molecule has 0 N–H and O–H groups in total. The molecule has 0 spiro atoms. The molecule has 14 heavy (non-hydrogen) atoms. The Hall–Kier alpha value is -1.11. The molecule has 1 aromatic carbocycles. The van der Waals surface area contributed by atoms with Crippen LogP contribution in [0.2, 0.25) is 0 Å². The summed E-state index contributed by atoms with van der Waals surface area (Å²) in [5, 5.41) is 0. The topological polar surface area (TPSA) is 17.1 Å². The lowest BCUT2D eigenvalue weighted by Crippen LogP contribution is -2.04. The molecule has 1 rings (SSSR count). The van der Waals surface area contributed by atoms with Gasteiger partial charge in [-0.2, -0.15) is 0 Å². The molecule has 0 saturated heterocycles. The minimum absolute atomic E-state index is 0.244. The first kappa shape index (κ1) is 11.0. The summed E-state index contributed by atoms with van der Waals surface area (Å²) in [5.41, 5.74) is 5.80. The lowest BCUT2D eigenvalue weighted by Gasteiger charge is -2.12. The van der Waals surface area contributed by atoms with Crippen LogP contribution in [-0.2, 0) is 0 Å². The fourth-order valence-electron chi connectivity index (χ4n) is 1.69. The average Bonchev–Trinajstić information content (AvgIpc) is 2.19. The summed E-state index contributed by atoms with van der Waals surface area (Å²) < 4.78 is 0. The third kappa shape index (κ3) is 1.72. The molecule has 0 bridgehead atoms. The molecule has 0 aromatic heterocycles. The van der Waals surface area contributed by atoms with E-state index in [1.807, 2.05) is 19.9 Å². The fraction of sp³-hybridized carbons (Fsp3) is 0.462. The van der Waals surface area contributed by atoms with E-state index >= 15 is 0 Å². The third-order valence-corrected chi connectivity index (χ3v) is 3.10. The summed E-state index contributed by atoms with van der Waals surface area (Å²) >= 11 is 0. The molecule has 0 unspecified atom stereocenters. The first-order valence-corrected chi connectivity index (χ1v) is 5.09.